The summed E-state index contributed by atoms with van der Waals surface area (Å²) in [5, 5.41) is 12.1. The summed E-state index contributed by atoms with van der Waals surface area (Å²) in [7, 11) is -3.82. The van der Waals surface area contributed by atoms with Gasteiger partial charge in [-0.05, 0) is 44.0 Å². The Bertz CT molecular complexity index is 636. The maximum Gasteiger partial charge on any atom is 0.242 e. The lowest BCUT2D eigenvalue weighted by molar-refractivity contribution is -0.124. The van der Waals surface area contributed by atoms with Gasteiger partial charge in [-0.15, -0.1) is 0 Å². The molecule has 1 amide bonds. The van der Waals surface area contributed by atoms with Gasteiger partial charge in [0.05, 0.1) is 11.5 Å². The first-order valence-electron chi connectivity index (χ1n) is 7.25. The summed E-state index contributed by atoms with van der Waals surface area (Å²) in [4.78, 5) is 12.7. The minimum absolute atomic E-state index is 0.102. The summed E-state index contributed by atoms with van der Waals surface area (Å²) >= 11 is 5.80. The molecule has 0 radical (unpaired) electrons. The molecule has 5 nitrogen and oxygen atoms in total. The van der Waals surface area contributed by atoms with Crippen molar-refractivity contribution in [2.45, 2.75) is 48.3 Å². The number of aliphatic hydroxyl groups excluding tert-OH is 1. The zero-order valence-corrected chi connectivity index (χ0v) is 14.0. The predicted octanol–water partition coefficient (Wildman–Crippen LogP) is 1.92. The van der Waals surface area contributed by atoms with Crippen LogP contribution in [0.1, 0.15) is 32.6 Å². The topological polar surface area (TPSA) is 83.5 Å². The minimum atomic E-state index is -3.82. The molecule has 2 N–H and O–H groups in total. The van der Waals surface area contributed by atoms with Crippen LogP contribution in [0.15, 0.2) is 29.2 Å². The lowest BCUT2D eigenvalue weighted by Gasteiger charge is -2.29. The minimum Gasteiger partial charge on any atom is -0.394 e. The Hall–Kier alpha value is -1.11. The maximum absolute atomic E-state index is 13.0. The van der Waals surface area contributed by atoms with Crippen LogP contribution >= 0.6 is 11.6 Å². The van der Waals surface area contributed by atoms with Crippen LogP contribution in [0, 0.1) is 0 Å². The van der Waals surface area contributed by atoms with E-state index >= 15 is 0 Å². The zero-order chi connectivity index (χ0) is 16.4. The van der Waals surface area contributed by atoms with Crippen molar-refractivity contribution in [2.75, 3.05) is 6.61 Å². The van der Waals surface area contributed by atoms with Gasteiger partial charge in [0.1, 0.15) is 0 Å². The molecule has 1 aliphatic carbocycles. The van der Waals surface area contributed by atoms with Gasteiger partial charge in [0, 0.05) is 11.1 Å². The summed E-state index contributed by atoms with van der Waals surface area (Å²) in [6.45, 7) is 1.40. The molecule has 1 fully saturated rings. The van der Waals surface area contributed by atoms with E-state index in [0.717, 1.165) is 0 Å². The molecule has 1 saturated carbocycles. The van der Waals surface area contributed by atoms with Gasteiger partial charge in [-0.1, -0.05) is 24.4 Å². The van der Waals surface area contributed by atoms with E-state index < -0.39 is 26.5 Å². The normalized spacial score (nSPS) is 18.9. The van der Waals surface area contributed by atoms with Gasteiger partial charge >= 0.3 is 0 Å². The molecule has 0 aliphatic heterocycles. The van der Waals surface area contributed by atoms with Gasteiger partial charge in [-0.2, -0.15) is 0 Å². The van der Waals surface area contributed by atoms with E-state index in [9.17, 15) is 13.2 Å². The molecule has 1 aromatic carbocycles. The SMILES string of the molecule is CC(CO)NC(=O)C1(S(=O)(=O)c2ccc(Cl)cc2)CCCC1. The van der Waals surface area contributed by atoms with E-state index in [1.54, 1.807) is 6.92 Å². The fraction of sp³-hybridized carbons (Fsp3) is 0.533. The molecule has 0 spiro atoms. The second kappa shape index (κ2) is 6.56. The average Bonchev–Trinajstić information content (AvgIpc) is 2.99. The van der Waals surface area contributed by atoms with Gasteiger partial charge in [0.25, 0.3) is 0 Å². The van der Waals surface area contributed by atoms with Crippen LogP contribution in [0.5, 0.6) is 0 Å². The van der Waals surface area contributed by atoms with E-state index in [0.29, 0.717) is 30.7 Å². The van der Waals surface area contributed by atoms with E-state index in [1.165, 1.54) is 24.3 Å². The molecule has 1 atom stereocenters. The summed E-state index contributed by atoms with van der Waals surface area (Å²) in [6.07, 6.45) is 1.96. The molecule has 1 unspecified atom stereocenters. The van der Waals surface area contributed by atoms with Crippen molar-refractivity contribution in [3.8, 4) is 0 Å². The number of carbonyl (C=O) groups excluding carboxylic acids is 1. The molecule has 0 heterocycles. The van der Waals surface area contributed by atoms with E-state index in [2.05, 4.69) is 5.32 Å². The molecule has 0 saturated heterocycles. The third-order valence-corrected chi connectivity index (χ3v) is 6.88. The second-order valence-corrected chi connectivity index (χ2v) is 8.41. The molecule has 1 aliphatic rings. The Morgan fingerprint density at radius 1 is 1.32 bits per heavy atom. The summed E-state index contributed by atoms with van der Waals surface area (Å²) in [6, 6.07) is 5.39. The van der Waals surface area contributed by atoms with Crippen LogP contribution in [0.3, 0.4) is 0 Å². The molecule has 7 heteroatoms. The lowest BCUT2D eigenvalue weighted by atomic mass is 10.1. The molecular formula is C15H20ClNO4S. The monoisotopic (exact) mass is 345 g/mol. The van der Waals surface area contributed by atoms with Gasteiger partial charge in [0.2, 0.25) is 5.91 Å². The van der Waals surface area contributed by atoms with Crippen LogP contribution in [0.25, 0.3) is 0 Å². The Kier molecular flexibility index (Phi) is 5.14. The van der Waals surface area contributed by atoms with Crippen molar-refractivity contribution in [1.82, 2.24) is 5.32 Å². The van der Waals surface area contributed by atoms with Crippen LogP contribution in [-0.2, 0) is 14.6 Å². The van der Waals surface area contributed by atoms with Crippen LogP contribution in [0.4, 0.5) is 0 Å². The van der Waals surface area contributed by atoms with Gasteiger partial charge < -0.3 is 10.4 Å². The van der Waals surface area contributed by atoms with Crippen LogP contribution in [-0.4, -0.2) is 36.8 Å². The zero-order valence-electron chi connectivity index (χ0n) is 12.4. The molecule has 0 aromatic heterocycles. The van der Waals surface area contributed by atoms with Crippen molar-refractivity contribution < 1.29 is 18.3 Å². The molecule has 0 bridgehead atoms. The van der Waals surface area contributed by atoms with Crippen molar-refractivity contribution in [1.29, 1.82) is 0 Å². The fourth-order valence-electron chi connectivity index (χ4n) is 2.80. The molecule has 2 rings (SSSR count). The average molecular weight is 346 g/mol. The fourth-order valence-corrected chi connectivity index (χ4v) is 5.00. The predicted molar refractivity (Wildman–Crippen MR) is 84.5 cm³/mol. The second-order valence-electron chi connectivity index (χ2n) is 5.72. The maximum atomic E-state index is 13.0. The highest BCUT2D eigenvalue weighted by molar-refractivity contribution is 7.93. The highest BCUT2D eigenvalue weighted by Gasteiger charge is 2.53. The van der Waals surface area contributed by atoms with Gasteiger partial charge in [-0.25, -0.2) is 8.42 Å². The Morgan fingerprint density at radius 2 is 1.86 bits per heavy atom. The van der Waals surface area contributed by atoms with Crippen molar-refractivity contribution in [2.24, 2.45) is 0 Å². The Balaban J connectivity index is 2.42. The number of hydrogen-bond donors (Lipinski definition) is 2. The molecular weight excluding hydrogens is 326 g/mol. The number of nitrogens with one attached hydrogen (secondary N) is 1. The third-order valence-electron chi connectivity index (χ3n) is 4.11. The molecule has 122 valence electrons. The first-order valence-corrected chi connectivity index (χ1v) is 9.11. The van der Waals surface area contributed by atoms with E-state index in [1.807, 2.05) is 0 Å². The molecule has 1 aromatic rings. The van der Waals surface area contributed by atoms with Crippen molar-refractivity contribution >= 4 is 27.3 Å². The standard InChI is InChI=1S/C15H20ClNO4S/c1-11(10-18)17-14(19)15(8-2-3-9-15)22(20,21)13-6-4-12(16)5-7-13/h4-7,11,18H,2-3,8-10H2,1H3,(H,17,19). The number of halogens is 1. The third kappa shape index (κ3) is 3.00. The Labute approximate surface area is 135 Å². The number of benzene rings is 1. The quantitative estimate of drug-likeness (QED) is 0.854. The summed E-state index contributed by atoms with van der Waals surface area (Å²) < 4.78 is 24.6. The Morgan fingerprint density at radius 3 is 2.36 bits per heavy atom. The van der Waals surface area contributed by atoms with Crippen molar-refractivity contribution in [3.05, 3.63) is 29.3 Å². The van der Waals surface area contributed by atoms with E-state index in [4.69, 9.17) is 16.7 Å². The van der Waals surface area contributed by atoms with E-state index in [-0.39, 0.29) is 11.5 Å². The first-order chi connectivity index (χ1) is 10.3. The number of hydrogen-bond acceptors (Lipinski definition) is 4. The molecule has 22 heavy (non-hydrogen) atoms. The highest BCUT2D eigenvalue weighted by Crippen LogP contribution is 2.41. The number of rotatable bonds is 5. The number of carbonyl (C=O) groups is 1. The lowest BCUT2D eigenvalue weighted by Crippen LogP contribution is -2.53. The number of aliphatic hydroxyl groups is 1. The number of sulfone groups is 1. The van der Waals surface area contributed by atoms with Gasteiger partial charge in [-0.3, -0.25) is 4.79 Å². The first kappa shape index (κ1) is 17.2. The summed E-state index contributed by atoms with van der Waals surface area (Å²) in [5.74, 6) is -0.526. The van der Waals surface area contributed by atoms with Crippen molar-refractivity contribution in [3.63, 3.8) is 0 Å². The smallest absolute Gasteiger partial charge is 0.242 e. The van der Waals surface area contributed by atoms with Crippen LogP contribution in [0.2, 0.25) is 5.02 Å². The number of amides is 1. The largest absolute Gasteiger partial charge is 0.394 e. The van der Waals surface area contributed by atoms with Crippen LogP contribution < -0.4 is 5.32 Å². The summed E-state index contributed by atoms with van der Waals surface area (Å²) in [5.41, 5.74) is 0. The van der Waals surface area contributed by atoms with Gasteiger partial charge in [0.15, 0.2) is 14.6 Å². The highest BCUT2D eigenvalue weighted by atomic mass is 35.5.